The first-order chi connectivity index (χ1) is 15.6. The van der Waals surface area contributed by atoms with E-state index in [0.717, 1.165) is 12.8 Å². The third-order valence-corrected chi connectivity index (χ3v) is 6.85. The minimum atomic E-state index is -0.770. The largest absolute Gasteiger partial charge is 0.493 e. The monoisotopic (exact) mass is 437 g/mol. The number of fused-ring (bicyclic) bond motifs is 1. The molecule has 1 aromatic heterocycles. The highest BCUT2D eigenvalue weighted by Crippen LogP contribution is 2.48. The first-order valence-electron chi connectivity index (χ1n) is 11.0. The van der Waals surface area contributed by atoms with Crippen LogP contribution in [0.2, 0.25) is 0 Å². The van der Waals surface area contributed by atoms with Crippen molar-refractivity contribution in [1.29, 1.82) is 0 Å². The quantitative estimate of drug-likeness (QED) is 0.681. The van der Waals surface area contributed by atoms with Gasteiger partial charge >= 0.3 is 5.97 Å². The van der Waals surface area contributed by atoms with E-state index >= 15 is 0 Å². The van der Waals surface area contributed by atoms with E-state index in [4.69, 9.17) is 14.2 Å². The van der Waals surface area contributed by atoms with Crippen LogP contribution in [0.1, 0.15) is 47.6 Å². The van der Waals surface area contributed by atoms with E-state index in [2.05, 4.69) is 22.0 Å². The Morgan fingerprint density at radius 3 is 2.59 bits per heavy atom. The van der Waals surface area contributed by atoms with E-state index in [1.165, 1.54) is 18.9 Å². The lowest BCUT2D eigenvalue weighted by Gasteiger charge is -2.38. The molecule has 1 amide bonds. The van der Waals surface area contributed by atoms with Gasteiger partial charge in [-0.2, -0.15) is 0 Å². The molecule has 3 fully saturated rings. The first-order valence-corrected chi connectivity index (χ1v) is 11.0. The van der Waals surface area contributed by atoms with Gasteiger partial charge in [-0.25, -0.2) is 9.78 Å². The molecule has 2 atom stereocenters. The van der Waals surface area contributed by atoms with E-state index < -0.39 is 11.6 Å². The van der Waals surface area contributed by atoms with Gasteiger partial charge in [-0.3, -0.25) is 4.79 Å². The van der Waals surface area contributed by atoms with E-state index in [0.29, 0.717) is 43.1 Å². The number of anilines is 1. The molecule has 8 nitrogen and oxygen atoms in total. The van der Waals surface area contributed by atoms with E-state index in [1.54, 1.807) is 13.2 Å². The van der Waals surface area contributed by atoms with Crippen LogP contribution in [0, 0.1) is 0 Å². The molecule has 5 rings (SSSR count). The summed E-state index contributed by atoms with van der Waals surface area (Å²) in [4.78, 5) is 33.9. The van der Waals surface area contributed by atoms with Crippen molar-refractivity contribution >= 4 is 17.7 Å². The minimum absolute atomic E-state index is 0.0822. The van der Waals surface area contributed by atoms with Crippen LogP contribution in [-0.4, -0.2) is 60.9 Å². The summed E-state index contributed by atoms with van der Waals surface area (Å²) < 4.78 is 16.7. The van der Waals surface area contributed by atoms with Crippen molar-refractivity contribution in [2.45, 2.75) is 43.6 Å². The Kier molecular flexibility index (Phi) is 5.25. The summed E-state index contributed by atoms with van der Waals surface area (Å²) in [5, 5.41) is 0. The number of rotatable bonds is 4. The number of piperidine rings is 1. The van der Waals surface area contributed by atoms with Crippen molar-refractivity contribution in [3.8, 4) is 5.75 Å². The summed E-state index contributed by atoms with van der Waals surface area (Å²) in [5.74, 6) is 0.809. The van der Waals surface area contributed by atoms with Crippen LogP contribution in [0.5, 0.6) is 5.75 Å². The van der Waals surface area contributed by atoms with Gasteiger partial charge in [0.05, 0.1) is 25.8 Å². The van der Waals surface area contributed by atoms with Crippen LogP contribution in [0.4, 0.5) is 5.82 Å². The summed E-state index contributed by atoms with van der Waals surface area (Å²) >= 11 is 0. The molecule has 0 bridgehead atoms. The number of carbonyl (C=O) groups excluding carboxylic acids is 2. The zero-order valence-corrected chi connectivity index (χ0v) is 18.3. The van der Waals surface area contributed by atoms with Crippen molar-refractivity contribution < 1.29 is 23.8 Å². The molecule has 1 spiro atoms. The van der Waals surface area contributed by atoms with Gasteiger partial charge in [-0.1, -0.05) is 30.3 Å². The average Bonchev–Trinajstić information content (AvgIpc) is 3.37. The maximum atomic E-state index is 13.6. The molecule has 2 aromatic rings. The van der Waals surface area contributed by atoms with E-state index in [9.17, 15) is 9.59 Å². The average molecular weight is 437 g/mol. The predicted molar refractivity (Wildman–Crippen MR) is 116 cm³/mol. The van der Waals surface area contributed by atoms with Crippen LogP contribution < -0.4 is 9.64 Å². The van der Waals surface area contributed by atoms with Crippen molar-refractivity contribution in [1.82, 2.24) is 9.88 Å². The number of pyridine rings is 1. The molecule has 0 saturated carbocycles. The highest BCUT2D eigenvalue weighted by Gasteiger charge is 2.58. The van der Waals surface area contributed by atoms with Gasteiger partial charge < -0.3 is 24.0 Å². The molecule has 3 saturated heterocycles. The van der Waals surface area contributed by atoms with Gasteiger partial charge in [-0.15, -0.1) is 0 Å². The molecule has 0 N–H and O–H groups in total. The van der Waals surface area contributed by atoms with Crippen LogP contribution in [0.25, 0.3) is 0 Å². The van der Waals surface area contributed by atoms with Gasteiger partial charge in [-0.05, 0) is 18.4 Å². The number of esters is 1. The second-order valence-electron chi connectivity index (χ2n) is 8.51. The Morgan fingerprint density at radius 2 is 1.91 bits per heavy atom. The SMILES string of the molecule is COC(=O)c1cnc(N2CCC3(CC2)O[C@@H]2CC[C@@H](c4ccccc4)N2C3=O)c(OC)c1. The number of amides is 1. The fraction of sp³-hybridized carbons (Fsp3) is 0.458. The number of hydrogen-bond donors (Lipinski definition) is 0. The number of hydrogen-bond acceptors (Lipinski definition) is 7. The molecule has 8 heteroatoms. The van der Waals surface area contributed by atoms with Crippen molar-refractivity contribution in [2.75, 3.05) is 32.2 Å². The summed E-state index contributed by atoms with van der Waals surface area (Å²) in [6.07, 6.45) is 4.31. The standard InChI is InChI=1S/C24H27N3O5/c1-30-19-14-17(22(28)31-2)15-25-21(19)26-12-10-24(11-13-26)23(29)27-18(8-9-20(27)32-24)16-6-4-3-5-7-16/h3-7,14-15,18,20H,8-13H2,1-2H3/t18-,20+/m0/s1. The maximum absolute atomic E-state index is 13.6. The molecule has 3 aliphatic heterocycles. The zero-order chi connectivity index (χ0) is 22.3. The number of nitrogens with zero attached hydrogens (tertiary/aromatic N) is 3. The topological polar surface area (TPSA) is 81.2 Å². The lowest BCUT2D eigenvalue weighted by molar-refractivity contribution is -0.140. The second-order valence-corrected chi connectivity index (χ2v) is 8.51. The molecule has 168 valence electrons. The highest BCUT2D eigenvalue weighted by molar-refractivity contribution is 5.90. The number of aromatic nitrogens is 1. The lowest BCUT2D eigenvalue weighted by Crippen LogP contribution is -2.50. The van der Waals surface area contributed by atoms with Gasteiger partial charge in [0.15, 0.2) is 17.2 Å². The zero-order valence-electron chi connectivity index (χ0n) is 18.3. The van der Waals surface area contributed by atoms with Gasteiger partial charge in [0.2, 0.25) is 0 Å². The molecule has 0 aliphatic carbocycles. The summed E-state index contributed by atoms with van der Waals surface area (Å²) in [7, 11) is 2.88. The van der Waals surface area contributed by atoms with Gasteiger partial charge in [0, 0.05) is 38.2 Å². The summed E-state index contributed by atoms with van der Waals surface area (Å²) in [6.45, 7) is 1.23. The normalized spacial score (nSPS) is 24.0. The molecule has 32 heavy (non-hydrogen) atoms. The van der Waals surface area contributed by atoms with Gasteiger partial charge in [0.1, 0.15) is 6.23 Å². The lowest BCUT2D eigenvalue weighted by atomic mass is 9.89. The Balaban J connectivity index is 1.32. The van der Waals surface area contributed by atoms with Crippen molar-refractivity contribution in [2.24, 2.45) is 0 Å². The van der Waals surface area contributed by atoms with Crippen molar-refractivity contribution in [3.05, 3.63) is 53.7 Å². The van der Waals surface area contributed by atoms with Crippen LogP contribution in [0.15, 0.2) is 42.6 Å². The molecular formula is C24H27N3O5. The molecule has 1 aromatic carbocycles. The third kappa shape index (κ3) is 3.30. The number of benzene rings is 1. The molecular weight excluding hydrogens is 410 g/mol. The van der Waals surface area contributed by atoms with Crippen LogP contribution in [-0.2, 0) is 14.3 Å². The van der Waals surface area contributed by atoms with Gasteiger partial charge in [0.25, 0.3) is 5.91 Å². The number of carbonyl (C=O) groups is 2. The molecule has 4 heterocycles. The van der Waals surface area contributed by atoms with E-state index in [-0.39, 0.29) is 18.2 Å². The minimum Gasteiger partial charge on any atom is -0.493 e. The smallest absolute Gasteiger partial charge is 0.339 e. The van der Waals surface area contributed by atoms with Crippen LogP contribution in [0.3, 0.4) is 0 Å². The highest BCUT2D eigenvalue weighted by atomic mass is 16.6. The number of ether oxygens (including phenoxy) is 3. The fourth-order valence-corrected chi connectivity index (χ4v) is 5.18. The van der Waals surface area contributed by atoms with Crippen molar-refractivity contribution in [3.63, 3.8) is 0 Å². The summed E-state index contributed by atoms with van der Waals surface area (Å²) in [5.41, 5.74) is 0.734. The molecule has 0 radical (unpaired) electrons. The fourth-order valence-electron chi connectivity index (χ4n) is 5.18. The Hall–Kier alpha value is -3.13. The third-order valence-electron chi connectivity index (χ3n) is 6.85. The Labute approximate surface area is 187 Å². The number of methoxy groups -OCH3 is 2. The Bertz CT molecular complexity index is 1020. The second kappa shape index (κ2) is 8.09. The first kappa shape index (κ1) is 20.8. The summed E-state index contributed by atoms with van der Waals surface area (Å²) in [6, 6.07) is 11.9. The predicted octanol–water partition coefficient (Wildman–Crippen LogP) is 2.94. The maximum Gasteiger partial charge on any atom is 0.339 e. The molecule has 3 aliphatic rings. The molecule has 0 unspecified atom stereocenters. The Morgan fingerprint density at radius 1 is 1.16 bits per heavy atom. The van der Waals surface area contributed by atoms with Crippen LogP contribution >= 0.6 is 0 Å². The van der Waals surface area contributed by atoms with E-state index in [1.807, 2.05) is 23.1 Å².